The number of nitrogens with zero attached hydrogens (tertiary/aromatic N) is 1. The molecule has 0 spiro atoms. The van der Waals surface area contributed by atoms with Crippen LogP contribution in [0.2, 0.25) is 0 Å². The van der Waals surface area contributed by atoms with Crippen LogP contribution in [0.5, 0.6) is 0 Å². The summed E-state index contributed by atoms with van der Waals surface area (Å²) in [5, 5.41) is 3.63. The van der Waals surface area contributed by atoms with Crippen LogP contribution < -0.4 is 5.32 Å². The van der Waals surface area contributed by atoms with Gasteiger partial charge in [-0.3, -0.25) is 4.79 Å². The topological polar surface area (TPSA) is 84.1 Å². The number of aromatic amines is 1. The smallest absolute Gasteiger partial charge is 0.339 e. The molecule has 0 atom stereocenters. The highest BCUT2D eigenvalue weighted by Crippen LogP contribution is 2.35. The van der Waals surface area contributed by atoms with E-state index in [1.165, 1.54) is 12.3 Å². The molecule has 0 saturated carbocycles. The van der Waals surface area contributed by atoms with E-state index >= 15 is 0 Å². The number of nitrogens with one attached hydrogen (secondary N) is 2. The number of hydrogen-bond donors (Lipinski definition) is 2. The third kappa shape index (κ3) is 4.09. The molecule has 0 fully saturated rings. The minimum Gasteiger partial charge on any atom is -0.459 e. The van der Waals surface area contributed by atoms with Crippen LogP contribution in [0.25, 0.3) is 22.2 Å². The van der Waals surface area contributed by atoms with E-state index in [2.05, 4.69) is 44.5 Å². The lowest BCUT2D eigenvalue weighted by molar-refractivity contribution is -0.111. The number of amides is 1. The number of aromatic nitrogens is 2. The van der Waals surface area contributed by atoms with Crippen LogP contribution in [0.15, 0.2) is 43.1 Å². The Bertz CT molecular complexity index is 1090. The van der Waals surface area contributed by atoms with Crippen LogP contribution in [0, 0.1) is 10.6 Å². The fourth-order valence-electron chi connectivity index (χ4n) is 2.81. The molecule has 144 valence electrons. The van der Waals surface area contributed by atoms with Gasteiger partial charge in [-0.2, -0.15) is 0 Å². The van der Waals surface area contributed by atoms with Crippen molar-refractivity contribution in [2.24, 2.45) is 0 Å². The lowest BCUT2D eigenvalue weighted by Crippen LogP contribution is -2.11. The van der Waals surface area contributed by atoms with Gasteiger partial charge in [0, 0.05) is 22.8 Å². The summed E-state index contributed by atoms with van der Waals surface area (Å²) in [6.07, 6.45) is 2.54. The minimum absolute atomic E-state index is 0.206. The van der Waals surface area contributed by atoms with Gasteiger partial charge in [0.2, 0.25) is 5.91 Å². The van der Waals surface area contributed by atoms with Gasteiger partial charge in [-0.15, -0.1) is 0 Å². The van der Waals surface area contributed by atoms with Gasteiger partial charge in [-0.1, -0.05) is 18.7 Å². The molecule has 7 heteroatoms. The van der Waals surface area contributed by atoms with Crippen molar-refractivity contribution in [3.63, 3.8) is 0 Å². The number of carbonyl (C=O) groups excluding carboxylic acids is 2. The van der Waals surface area contributed by atoms with Crippen molar-refractivity contribution >= 4 is 51.2 Å². The molecule has 3 aromatic rings. The Morgan fingerprint density at radius 2 is 2.07 bits per heavy atom. The number of rotatable bonds is 5. The predicted molar refractivity (Wildman–Crippen MR) is 118 cm³/mol. The molecule has 3 rings (SSSR count). The summed E-state index contributed by atoms with van der Waals surface area (Å²) >= 11 is 2.20. The van der Waals surface area contributed by atoms with Gasteiger partial charge in [0.15, 0.2) is 0 Å². The zero-order valence-corrected chi connectivity index (χ0v) is 18.0. The molecule has 28 heavy (non-hydrogen) atoms. The number of pyridine rings is 1. The standard InChI is InChI=1S/C21H20IN3O3/c1-5-17(26)24-16-9-13(7-6-12(16)4)18-15-8-14(21(27)28-11(2)3)10-23-20(15)25-19(18)22/h5-11H,1H2,2-4H3,(H,23,25)(H,24,26). The van der Waals surface area contributed by atoms with E-state index in [9.17, 15) is 9.59 Å². The summed E-state index contributed by atoms with van der Waals surface area (Å²) in [6.45, 7) is 9.02. The van der Waals surface area contributed by atoms with Crippen molar-refractivity contribution in [1.29, 1.82) is 0 Å². The Morgan fingerprint density at radius 1 is 1.32 bits per heavy atom. The molecule has 2 aromatic heterocycles. The van der Waals surface area contributed by atoms with E-state index in [0.29, 0.717) is 16.9 Å². The third-order valence-electron chi connectivity index (χ3n) is 4.15. The van der Waals surface area contributed by atoms with E-state index in [4.69, 9.17) is 4.74 Å². The molecule has 0 aliphatic carbocycles. The molecule has 2 heterocycles. The Hall–Kier alpha value is -2.68. The molecular formula is C21H20IN3O3. The molecular weight excluding hydrogens is 469 g/mol. The van der Waals surface area contributed by atoms with Crippen molar-refractivity contribution in [3.8, 4) is 11.1 Å². The van der Waals surface area contributed by atoms with Gasteiger partial charge >= 0.3 is 5.97 Å². The summed E-state index contributed by atoms with van der Waals surface area (Å²) in [6, 6.07) is 7.60. The molecule has 2 N–H and O–H groups in total. The highest BCUT2D eigenvalue weighted by molar-refractivity contribution is 14.1. The molecule has 6 nitrogen and oxygen atoms in total. The number of halogens is 1. The monoisotopic (exact) mass is 489 g/mol. The first kappa shape index (κ1) is 20.1. The van der Waals surface area contributed by atoms with E-state index in [1.54, 1.807) is 19.9 Å². The van der Waals surface area contributed by atoms with Crippen LogP contribution in [-0.4, -0.2) is 27.9 Å². The average Bonchev–Trinajstić information content (AvgIpc) is 2.97. The number of esters is 1. The van der Waals surface area contributed by atoms with Crippen LogP contribution in [0.4, 0.5) is 5.69 Å². The maximum Gasteiger partial charge on any atom is 0.339 e. The fraction of sp³-hybridized carbons (Fsp3) is 0.190. The van der Waals surface area contributed by atoms with Crippen molar-refractivity contribution in [2.75, 3.05) is 5.32 Å². The lowest BCUT2D eigenvalue weighted by Gasteiger charge is -2.10. The molecule has 0 radical (unpaired) electrons. The van der Waals surface area contributed by atoms with Gasteiger partial charge in [-0.25, -0.2) is 9.78 Å². The number of carbonyl (C=O) groups is 2. The number of aryl methyl sites for hydroxylation is 1. The second-order valence-corrected chi connectivity index (χ2v) is 7.69. The third-order valence-corrected chi connectivity index (χ3v) is 4.96. The second kappa shape index (κ2) is 8.14. The van der Waals surface area contributed by atoms with E-state index < -0.39 is 5.97 Å². The number of anilines is 1. The predicted octanol–water partition coefficient (Wildman–Crippen LogP) is 4.83. The molecule has 0 aliphatic heterocycles. The first-order valence-corrected chi connectivity index (χ1v) is 9.80. The number of ether oxygens (including phenoxy) is 1. The van der Waals surface area contributed by atoms with E-state index in [0.717, 1.165) is 25.8 Å². The highest BCUT2D eigenvalue weighted by Gasteiger charge is 2.17. The summed E-state index contributed by atoms with van der Waals surface area (Å²) < 4.78 is 6.17. The largest absolute Gasteiger partial charge is 0.459 e. The van der Waals surface area contributed by atoms with Crippen LogP contribution in [0.3, 0.4) is 0 Å². The zero-order valence-electron chi connectivity index (χ0n) is 15.8. The van der Waals surface area contributed by atoms with Gasteiger partial charge in [0.05, 0.1) is 15.4 Å². The Morgan fingerprint density at radius 3 is 2.75 bits per heavy atom. The molecule has 0 aliphatic rings. The number of hydrogen-bond acceptors (Lipinski definition) is 4. The quantitative estimate of drug-likeness (QED) is 0.306. The highest BCUT2D eigenvalue weighted by atomic mass is 127. The SMILES string of the molecule is C=CC(=O)Nc1cc(-c2c(I)[nH]c3ncc(C(=O)OC(C)C)cc23)ccc1C. The normalized spacial score (nSPS) is 10.9. The molecule has 1 amide bonds. The van der Waals surface area contributed by atoms with Crippen molar-refractivity contribution in [3.05, 3.63) is 57.9 Å². The summed E-state index contributed by atoms with van der Waals surface area (Å²) in [4.78, 5) is 31.6. The summed E-state index contributed by atoms with van der Waals surface area (Å²) in [7, 11) is 0. The van der Waals surface area contributed by atoms with Crippen LogP contribution in [-0.2, 0) is 9.53 Å². The fourth-order valence-corrected chi connectivity index (χ4v) is 3.67. The van der Waals surface area contributed by atoms with Crippen molar-refractivity contribution in [1.82, 2.24) is 9.97 Å². The first-order chi connectivity index (χ1) is 13.3. The van der Waals surface area contributed by atoms with Crippen molar-refractivity contribution < 1.29 is 14.3 Å². The molecule has 0 saturated heterocycles. The Labute approximate surface area is 176 Å². The lowest BCUT2D eigenvalue weighted by atomic mass is 10.0. The average molecular weight is 489 g/mol. The van der Waals surface area contributed by atoms with Gasteiger partial charge < -0.3 is 15.0 Å². The van der Waals surface area contributed by atoms with Crippen LogP contribution >= 0.6 is 22.6 Å². The van der Waals surface area contributed by atoms with E-state index in [-0.39, 0.29) is 12.0 Å². The molecule has 0 bridgehead atoms. The summed E-state index contributed by atoms with van der Waals surface area (Å²) in [5.74, 6) is -0.677. The van der Waals surface area contributed by atoms with E-state index in [1.807, 2.05) is 25.1 Å². The molecule has 0 unspecified atom stereocenters. The second-order valence-electron chi connectivity index (χ2n) is 6.61. The Kier molecular flexibility index (Phi) is 5.83. The minimum atomic E-state index is -0.408. The van der Waals surface area contributed by atoms with Crippen molar-refractivity contribution in [2.45, 2.75) is 26.9 Å². The number of H-pyrrole nitrogens is 1. The first-order valence-electron chi connectivity index (χ1n) is 8.72. The number of fused-ring (bicyclic) bond motifs is 1. The number of benzene rings is 1. The summed E-state index contributed by atoms with van der Waals surface area (Å²) in [5.41, 5.74) is 4.53. The molecule has 1 aromatic carbocycles. The maximum absolute atomic E-state index is 12.3. The van der Waals surface area contributed by atoms with Gasteiger partial charge in [0.1, 0.15) is 5.65 Å². The van der Waals surface area contributed by atoms with Crippen LogP contribution in [0.1, 0.15) is 29.8 Å². The maximum atomic E-state index is 12.3. The van der Waals surface area contributed by atoms with Gasteiger partial charge in [-0.05, 0) is 72.7 Å². The Balaban J connectivity index is 2.11. The van der Waals surface area contributed by atoms with Gasteiger partial charge in [0.25, 0.3) is 0 Å². The zero-order chi connectivity index (χ0) is 20.4.